The predicted molar refractivity (Wildman–Crippen MR) is 85.5 cm³/mol. The van der Waals surface area contributed by atoms with Crippen LogP contribution in [0.1, 0.15) is 36.2 Å². The fourth-order valence-corrected chi connectivity index (χ4v) is 3.95. The molecule has 3 fully saturated rings. The van der Waals surface area contributed by atoms with Crippen LogP contribution < -0.4 is 11.1 Å². The summed E-state index contributed by atoms with van der Waals surface area (Å²) in [6.07, 6.45) is 6.68. The van der Waals surface area contributed by atoms with E-state index >= 15 is 0 Å². The SMILES string of the molecule is Cc1cc(-c2cn([C@H]3[C@@H]4CNC[C@@H]43)c(C3CC3)n2)cnc1N. The zero-order valence-corrected chi connectivity index (χ0v) is 12.8. The molecule has 0 aromatic carbocycles. The van der Waals surface area contributed by atoms with Gasteiger partial charge in [-0.15, -0.1) is 0 Å². The summed E-state index contributed by atoms with van der Waals surface area (Å²) in [5.41, 5.74) is 8.99. The van der Waals surface area contributed by atoms with Gasteiger partial charge in [-0.05, 0) is 43.2 Å². The van der Waals surface area contributed by atoms with Crippen molar-refractivity contribution in [1.29, 1.82) is 0 Å². The summed E-state index contributed by atoms with van der Waals surface area (Å²) in [6.45, 7) is 4.33. The number of nitrogens with one attached hydrogen (secondary N) is 1. The highest BCUT2D eigenvalue weighted by Gasteiger charge is 2.55. The Bertz CT molecular complexity index is 736. The maximum Gasteiger partial charge on any atom is 0.126 e. The van der Waals surface area contributed by atoms with Crippen molar-refractivity contribution < 1.29 is 0 Å². The minimum Gasteiger partial charge on any atom is -0.383 e. The second-order valence-electron chi connectivity index (χ2n) is 7.07. The van der Waals surface area contributed by atoms with Crippen LogP contribution in [0.15, 0.2) is 18.5 Å². The van der Waals surface area contributed by atoms with Gasteiger partial charge in [0.1, 0.15) is 11.6 Å². The number of hydrogen-bond donors (Lipinski definition) is 2. The molecular formula is C17H21N5. The van der Waals surface area contributed by atoms with Crippen LogP contribution in [0.2, 0.25) is 0 Å². The molecule has 2 saturated carbocycles. The van der Waals surface area contributed by atoms with E-state index < -0.39 is 0 Å². The van der Waals surface area contributed by atoms with Crippen LogP contribution in [0.25, 0.3) is 11.3 Å². The van der Waals surface area contributed by atoms with Crippen LogP contribution >= 0.6 is 0 Å². The molecule has 3 heterocycles. The first-order valence-corrected chi connectivity index (χ1v) is 8.24. The molecule has 0 spiro atoms. The molecule has 0 unspecified atom stereocenters. The van der Waals surface area contributed by atoms with Gasteiger partial charge in [0.15, 0.2) is 0 Å². The van der Waals surface area contributed by atoms with E-state index in [2.05, 4.69) is 27.1 Å². The van der Waals surface area contributed by atoms with E-state index in [1.54, 1.807) is 0 Å². The van der Waals surface area contributed by atoms with Crippen LogP contribution in [-0.4, -0.2) is 27.6 Å². The minimum absolute atomic E-state index is 0.605. The van der Waals surface area contributed by atoms with Crippen LogP contribution in [0.3, 0.4) is 0 Å². The van der Waals surface area contributed by atoms with Crippen molar-refractivity contribution in [2.75, 3.05) is 18.8 Å². The fourth-order valence-electron chi connectivity index (χ4n) is 3.95. The molecule has 2 aromatic heterocycles. The van der Waals surface area contributed by atoms with E-state index in [-0.39, 0.29) is 0 Å². The third-order valence-corrected chi connectivity index (χ3v) is 5.49. The second kappa shape index (κ2) is 4.32. The van der Waals surface area contributed by atoms with Gasteiger partial charge in [0.2, 0.25) is 0 Å². The highest BCUT2D eigenvalue weighted by Crippen LogP contribution is 2.55. The molecule has 5 heteroatoms. The summed E-state index contributed by atoms with van der Waals surface area (Å²) in [5.74, 6) is 4.19. The summed E-state index contributed by atoms with van der Waals surface area (Å²) in [7, 11) is 0. The second-order valence-corrected chi connectivity index (χ2v) is 7.07. The number of aromatic nitrogens is 3. The maximum atomic E-state index is 5.84. The van der Waals surface area contributed by atoms with E-state index in [4.69, 9.17) is 10.7 Å². The van der Waals surface area contributed by atoms with Crippen molar-refractivity contribution in [3.05, 3.63) is 29.8 Å². The fraction of sp³-hybridized carbons (Fsp3) is 0.529. The van der Waals surface area contributed by atoms with Gasteiger partial charge in [0.05, 0.1) is 5.69 Å². The number of anilines is 1. The Morgan fingerprint density at radius 3 is 2.73 bits per heavy atom. The van der Waals surface area contributed by atoms with Gasteiger partial charge in [-0.2, -0.15) is 0 Å². The normalized spacial score (nSPS) is 29.6. The highest BCUT2D eigenvalue weighted by molar-refractivity contribution is 5.61. The first kappa shape index (κ1) is 12.6. The van der Waals surface area contributed by atoms with Crippen molar-refractivity contribution in [2.24, 2.45) is 11.8 Å². The molecule has 0 radical (unpaired) electrons. The summed E-state index contributed by atoms with van der Waals surface area (Å²) in [4.78, 5) is 9.25. The molecule has 2 aliphatic carbocycles. The lowest BCUT2D eigenvalue weighted by atomic mass is 10.1. The van der Waals surface area contributed by atoms with E-state index in [9.17, 15) is 0 Å². The zero-order chi connectivity index (χ0) is 14.8. The summed E-state index contributed by atoms with van der Waals surface area (Å²) >= 11 is 0. The average molecular weight is 295 g/mol. The highest BCUT2D eigenvalue weighted by atomic mass is 15.2. The lowest BCUT2D eigenvalue weighted by Gasteiger charge is -2.09. The third-order valence-electron chi connectivity index (χ3n) is 5.49. The molecule has 3 aliphatic rings. The number of piperidine rings is 1. The Hall–Kier alpha value is -1.88. The Balaban J connectivity index is 1.55. The van der Waals surface area contributed by atoms with Crippen molar-refractivity contribution in [3.63, 3.8) is 0 Å². The van der Waals surface area contributed by atoms with Gasteiger partial charge in [0, 0.05) is 43.0 Å². The monoisotopic (exact) mass is 295 g/mol. The topological polar surface area (TPSA) is 68.8 Å². The first-order chi connectivity index (χ1) is 10.7. The molecule has 22 heavy (non-hydrogen) atoms. The minimum atomic E-state index is 0.605. The molecular weight excluding hydrogens is 274 g/mol. The number of aryl methyl sites for hydroxylation is 1. The summed E-state index contributed by atoms with van der Waals surface area (Å²) in [5, 5.41) is 3.48. The molecule has 1 aliphatic heterocycles. The average Bonchev–Trinajstić information content (AvgIpc) is 3.38. The van der Waals surface area contributed by atoms with E-state index in [1.165, 1.54) is 18.7 Å². The number of pyridine rings is 1. The third kappa shape index (κ3) is 1.81. The smallest absolute Gasteiger partial charge is 0.126 e. The Labute approximate surface area is 130 Å². The number of nitrogen functional groups attached to an aromatic ring is 1. The van der Waals surface area contributed by atoms with E-state index in [0.29, 0.717) is 17.8 Å². The Kier molecular flexibility index (Phi) is 2.48. The standard InChI is InChI=1S/C17H21N5/c1-9-4-11(5-20-16(9)18)14-8-22(17(21-14)10-2-3-10)15-12-6-19-7-13(12)15/h4-5,8,10,12-13,15,19H,2-3,6-7H2,1H3,(H2,18,20)/t12-,13+,15+. The van der Waals surface area contributed by atoms with Crippen LogP contribution in [0, 0.1) is 18.8 Å². The van der Waals surface area contributed by atoms with Crippen LogP contribution in [-0.2, 0) is 0 Å². The van der Waals surface area contributed by atoms with Crippen molar-refractivity contribution in [2.45, 2.75) is 31.7 Å². The summed E-state index contributed by atoms with van der Waals surface area (Å²) < 4.78 is 2.48. The van der Waals surface area contributed by atoms with Crippen molar-refractivity contribution in [1.82, 2.24) is 19.9 Å². The predicted octanol–water partition coefficient (Wildman–Crippen LogP) is 2.10. The molecule has 5 rings (SSSR count). The molecule has 5 nitrogen and oxygen atoms in total. The van der Waals surface area contributed by atoms with Crippen LogP contribution in [0.5, 0.6) is 0 Å². The lowest BCUT2D eigenvalue weighted by Crippen LogP contribution is -2.17. The number of nitrogens with zero attached hydrogens (tertiary/aromatic N) is 3. The Morgan fingerprint density at radius 1 is 1.27 bits per heavy atom. The van der Waals surface area contributed by atoms with Crippen LogP contribution in [0.4, 0.5) is 5.82 Å². The van der Waals surface area contributed by atoms with Gasteiger partial charge < -0.3 is 15.6 Å². The molecule has 0 amide bonds. The molecule has 3 N–H and O–H groups in total. The lowest BCUT2D eigenvalue weighted by molar-refractivity contribution is 0.550. The van der Waals surface area contributed by atoms with Gasteiger partial charge in [-0.25, -0.2) is 9.97 Å². The maximum absolute atomic E-state index is 5.84. The largest absolute Gasteiger partial charge is 0.383 e. The van der Waals surface area contributed by atoms with E-state index in [1.807, 2.05) is 13.1 Å². The molecule has 0 bridgehead atoms. The zero-order valence-electron chi connectivity index (χ0n) is 12.8. The van der Waals surface area contributed by atoms with E-state index in [0.717, 1.165) is 41.7 Å². The number of imidazole rings is 1. The number of fused-ring (bicyclic) bond motifs is 1. The van der Waals surface area contributed by atoms with Gasteiger partial charge in [-0.3, -0.25) is 0 Å². The van der Waals surface area contributed by atoms with Crippen molar-refractivity contribution >= 4 is 5.82 Å². The molecule has 2 aromatic rings. The summed E-state index contributed by atoms with van der Waals surface area (Å²) in [6, 6.07) is 2.77. The van der Waals surface area contributed by atoms with Gasteiger partial charge in [0.25, 0.3) is 0 Å². The van der Waals surface area contributed by atoms with Gasteiger partial charge >= 0.3 is 0 Å². The van der Waals surface area contributed by atoms with Gasteiger partial charge in [-0.1, -0.05) is 0 Å². The number of rotatable bonds is 3. The quantitative estimate of drug-likeness (QED) is 0.910. The number of hydrogen-bond acceptors (Lipinski definition) is 4. The Morgan fingerprint density at radius 2 is 2.05 bits per heavy atom. The molecule has 3 atom stereocenters. The molecule has 1 saturated heterocycles. The number of nitrogens with two attached hydrogens (primary N) is 1. The first-order valence-electron chi connectivity index (χ1n) is 8.24. The van der Waals surface area contributed by atoms with Crippen molar-refractivity contribution in [3.8, 4) is 11.3 Å². The molecule has 114 valence electrons.